The van der Waals surface area contributed by atoms with Crippen molar-refractivity contribution in [1.82, 2.24) is 9.97 Å². The highest BCUT2D eigenvalue weighted by Gasteiger charge is 2.38. The van der Waals surface area contributed by atoms with Crippen LogP contribution in [0.5, 0.6) is 11.6 Å². The zero-order valence-electron chi connectivity index (χ0n) is 14.0. The smallest absolute Gasteiger partial charge is 0.348 e. The summed E-state index contributed by atoms with van der Waals surface area (Å²) < 4.78 is 15.8. The summed E-state index contributed by atoms with van der Waals surface area (Å²) in [6, 6.07) is 6.85. The largest absolute Gasteiger partial charge is 0.437 e. The number of nitrogens with zero attached hydrogens (tertiary/aromatic N) is 2. The standard InChI is InChI=1S/C18H16N2O5/c1-11-9-19-10-15(20-11)23-13-6-4-5-12(7-13)8-14-16(21)24-18(2,3)25-17(14)22/h4-10H,1-3H3. The molecule has 1 fully saturated rings. The van der Waals surface area contributed by atoms with Crippen molar-refractivity contribution in [2.75, 3.05) is 0 Å². The molecule has 128 valence electrons. The number of cyclic esters (lactones) is 2. The fourth-order valence-electron chi connectivity index (χ4n) is 2.22. The lowest BCUT2D eigenvalue weighted by molar-refractivity contribution is -0.222. The van der Waals surface area contributed by atoms with Crippen molar-refractivity contribution in [3.8, 4) is 11.6 Å². The Morgan fingerprint density at radius 1 is 1.12 bits per heavy atom. The zero-order valence-corrected chi connectivity index (χ0v) is 14.0. The van der Waals surface area contributed by atoms with Gasteiger partial charge in [-0.3, -0.25) is 4.98 Å². The number of rotatable bonds is 3. The average molecular weight is 340 g/mol. The highest BCUT2D eigenvalue weighted by atomic mass is 16.7. The molecule has 3 rings (SSSR count). The highest BCUT2D eigenvalue weighted by molar-refractivity contribution is 6.18. The van der Waals surface area contributed by atoms with Crippen LogP contribution in [0.15, 0.2) is 42.2 Å². The summed E-state index contributed by atoms with van der Waals surface area (Å²) in [6.45, 7) is 4.80. The average Bonchev–Trinajstić information content (AvgIpc) is 2.50. The molecule has 1 saturated heterocycles. The fraction of sp³-hybridized carbons (Fsp3) is 0.222. The Bertz CT molecular complexity index is 851. The minimum absolute atomic E-state index is 0.174. The fourth-order valence-corrected chi connectivity index (χ4v) is 2.22. The summed E-state index contributed by atoms with van der Waals surface area (Å²) in [7, 11) is 0. The third kappa shape index (κ3) is 4.00. The number of hydrogen-bond donors (Lipinski definition) is 0. The summed E-state index contributed by atoms with van der Waals surface area (Å²) in [4.78, 5) is 32.2. The van der Waals surface area contributed by atoms with Crippen molar-refractivity contribution in [3.63, 3.8) is 0 Å². The van der Waals surface area contributed by atoms with E-state index in [-0.39, 0.29) is 5.57 Å². The second kappa shape index (κ2) is 6.35. The van der Waals surface area contributed by atoms with Crippen LogP contribution in [-0.4, -0.2) is 27.7 Å². The van der Waals surface area contributed by atoms with Crippen LogP contribution in [0.1, 0.15) is 25.1 Å². The molecular weight excluding hydrogens is 324 g/mol. The van der Waals surface area contributed by atoms with Crippen molar-refractivity contribution in [2.24, 2.45) is 0 Å². The van der Waals surface area contributed by atoms with Crippen molar-refractivity contribution >= 4 is 18.0 Å². The Kier molecular flexibility index (Phi) is 4.22. The van der Waals surface area contributed by atoms with E-state index in [1.165, 1.54) is 26.1 Å². The maximum atomic E-state index is 12.0. The van der Waals surface area contributed by atoms with Gasteiger partial charge in [-0.05, 0) is 30.7 Å². The molecule has 2 aromatic rings. The van der Waals surface area contributed by atoms with Gasteiger partial charge in [-0.2, -0.15) is 0 Å². The van der Waals surface area contributed by atoms with Gasteiger partial charge in [0.15, 0.2) is 0 Å². The van der Waals surface area contributed by atoms with E-state index in [0.717, 1.165) is 5.69 Å². The SMILES string of the molecule is Cc1cncc(Oc2cccc(C=C3C(=O)OC(C)(C)OC3=O)c2)n1. The molecule has 0 aliphatic carbocycles. The number of carbonyl (C=O) groups is 2. The summed E-state index contributed by atoms with van der Waals surface area (Å²) in [5.74, 6) is -1.87. The molecule has 1 aromatic carbocycles. The van der Waals surface area contributed by atoms with Gasteiger partial charge in [0.2, 0.25) is 5.88 Å². The quantitative estimate of drug-likeness (QED) is 0.482. The molecule has 0 N–H and O–H groups in total. The monoisotopic (exact) mass is 340 g/mol. The second-order valence-corrected chi connectivity index (χ2v) is 5.91. The Morgan fingerprint density at radius 2 is 1.84 bits per heavy atom. The highest BCUT2D eigenvalue weighted by Crippen LogP contribution is 2.26. The van der Waals surface area contributed by atoms with Crippen LogP contribution in [0.2, 0.25) is 0 Å². The Morgan fingerprint density at radius 3 is 2.52 bits per heavy atom. The van der Waals surface area contributed by atoms with E-state index >= 15 is 0 Å². The van der Waals surface area contributed by atoms with Gasteiger partial charge in [0.1, 0.15) is 11.3 Å². The van der Waals surface area contributed by atoms with Gasteiger partial charge in [-0.1, -0.05) is 12.1 Å². The maximum absolute atomic E-state index is 12.0. The minimum Gasteiger partial charge on any atom is -0.437 e. The van der Waals surface area contributed by atoms with E-state index in [1.54, 1.807) is 30.5 Å². The van der Waals surface area contributed by atoms with Crippen LogP contribution in [0.25, 0.3) is 6.08 Å². The number of esters is 2. The molecule has 2 heterocycles. The molecule has 7 heteroatoms. The van der Waals surface area contributed by atoms with Crippen molar-refractivity contribution in [3.05, 3.63) is 53.5 Å². The summed E-state index contributed by atoms with van der Waals surface area (Å²) in [5, 5.41) is 0. The summed E-state index contributed by atoms with van der Waals surface area (Å²) in [5.41, 5.74) is 1.14. The van der Waals surface area contributed by atoms with E-state index < -0.39 is 17.7 Å². The molecule has 0 bridgehead atoms. The normalized spacial score (nSPS) is 16.0. The lowest BCUT2D eigenvalue weighted by Gasteiger charge is -2.29. The molecule has 0 radical (unpaired) electrons. The minimum atomic E-state index is -1.26. The molecule has 25 heavy (non-hydrogen) atoms. The molecule has 0 amide bonds. The van der Waals surface area contributed by atoms with Gasteiger partial charge in [-0.15, -0.1) is 0 Å². The predicted molar refractivity (Wildman–Crippen MR) is 87.5 cm³/mol. The Labute approximate surface area is 144 Å². The van der Waals surface area contributed by atoms with Crippen LogP contribution in [0.4, 0.5) is 0 Å². The Hall–Kier alpha value is -3.22. The maximum Gasteiger partial charge on any atom is 0.348 e. The summed E-state index contributed by atoms with van der Waals surface area (Å²) in [6.07, 6.45) is 4.51. The van der Waals surface area contributed by atoms with Crippen LogP contribution in [0, 0.1) is 6.92 Å². The van der Waals surface area contributed by atoms with Gasteiger partial charge >= 0.3 is 11.9 Å². The van der Waals surface area contributed by atoms with Gasteiger partial charge < -0.3 is 14.2 Å². The third-order valence-electron chi connectivity index (χ3n) is 3.24. The lowest BCUT2D eigenvalue weighted by Crippen LogP contribution is -2.41. The second-order valence-electron chi connectivity index (χ2n) is 5.91. The first-order valence-corrected chi connectivity index (χ1v) is 7.57. The van der Waals surface area contributed by atoms with Crippen LogP contribution >= 0.6 is 0 Å². The van der Waals surface area contributed by atoms with Gasteiger partial charge in [0, 0.05) is 20.0 Å². The Balaban J connectivity index is 1.84. The number of carbonyl (C=O) groups excluding carboxylic acids is 2. The topological polar surface area (TPSA) is 87.6 Å². The van der Waals surface area contributed by atoms with Crippen LogP contribution in [-0.2, 0) is 19.1 Å². The number of aromatic nitrogens is 2. The van der Waals surface area contributed by atoms with Crippen LogP contribution in [0.3, 0.4) is 0 Å². The molecule has 7 nitrogen and oxygen atoms in total. The third-order valence-corrected chi connectivity index (χ3v) is 3.24. The van der Waals surface area contributed by atoms with Gasteiger partial charge in [0.25, 0.3) is 5.79 Å². The number of hydrogen-bond acceptors (Lipinski definition) is 7. The van der Waals surface area contributed by atoms with Crippen molar-refractivity contribution < 1.29 is 23.8 Å². The molecule has 1 aliphatic heterocycles. The molecule has 1 aliphatic rings. The number of benzene rings is 1. The van der Waals surface area contributed by atoms with Crippen LogP contribution < -0.4 is 4.74 Å². The van der Waals surface area contributed by atoms with Crippen molar-refractivity contribution in [2.45, 2.75) is 26.6 Å². The van der Waals surface area contributed by atoms with Gasteiger partial charge in [-0.25, -0.2) is 14.6 Å². The number of ether oxygens (including phenoxy) is 3. The summed E-state index contributed by atoms with van der Waals surface area (Å²) >= 11 is 0. The molecular formula is C18H16N2O5. The molecule has 1 aromatic heterocycles. The molecule has 0 spiro atoms. The molecule has 0 atom stereocenters. The molecule has 0 unspecified atom stereocenters. The predicted octanol–water partition coefficient (Wildman–Crippen LogP) is 2.80. The first-order chi connectivity index (χ1) is 11.8. The van der Waals surface area contributed by atoms with E-state index in [1.807, 2.05) is 6.92 Å². The van der Waals surface area contributed by atoms with E-state index in [0.29, 0.717) is 17.2 Å². The van der Waals surface area contributed by atoms with E-state index in [9.17, 15) is 9.59 Å². The number of aryl methyl sites for hydroxylation is 1. The first kappa shape index (κ1) is 16.6. The lowest BCUT2D eigenvalue weighted by atomic mass is 10.1. The van der Waals surface area contributed by atoms with E-state index in [4.69, 9.17) is 14.2 Å². The molecule has 0 saturated carbocycles. The zero-order chi connectivity index (χ0) is 18.0. The first-order valence-electron chi connectivity index (χ1n) is 7.57. The van der Waals surface area contributed by atoms with Crippen molar-refractivity contribution in [1.29, 1.82) is 0 Å². The van der Waals surface area contributed by atoms with Gasteiger partial charge in [0.05, 0.1) is 11.9 Å². The van der Waals surface area contributed by atoms with E-state index in [2.05, 4.69) is 9.97 Å².